The highest BCUT2D eigenvalue weighted by Gasteiger charge is 2.15. The number of carboxylic acid groups (broad SMARTS) is 1. The summed E-state index contributed by atoms with van der Waals surface area (Å²) in [7, 11) is 0. The lowest BCUT2D eigenvalue weighted by atomic mass is 10.0. The lowest BCUT2D eigenvalue weighted by Crippen LogP contribution is -2.13. The smallest absolute Gasteiger partial charge is 0.337 e. The number of aromatic carboxylic acids is 1. The molecule has 9 heteroatoms. The number of benzene rings is 3. The molecule has 0 unspecified atom stereocenters. The Kier molecular flexibility index (Phi) is 7.51. The average molecular weight is 491 g/mol. The second-order valence-corrected chi connectivity index (χ2v) is 8.64. The number of halogens is 1. The maximum absolute atomic E-state index is 12.3. The molecule has 7 nitrogen and oxygen atoms in total. The predicted octanol–water partition coefficient (Wildman–Crippen LogP) is 5.68. The van der Waals surface area contributed by atoms with Crippen LogP contribution in [0.3, 0.4) is 0 Å². The summed E-state index contributed by atoms with van der Waals surface area (Å²) in [6, 6.07) is 23.8. The molecule has 1 heterocycles. The summed E-state index contributed by atoms with van der Waals surface area (Å²) in [5, 5.41) is 21.1. The van der Waals surface area contributed by atoms with Crippen molar-refractivity contribution < 1.29 is 14.7 Å². The van der Waals surface area contributed by atoms with Gasteiger partial charge in [0.15, 0.2) is 0 Å². The van der Waals surface area contributed by atoms with E-state index in [1.807, 2.05) is 60.7 Å². The van der Waals surface area contributed by atoms with E-state index in [9.17, 15) is 9.59 Å². The molecule has 0 atom stereocenters. The van der Waals surface area contributed by atoms with Crippen molar-refractivity contribution >= 4 is 40.9 Å². The number of carbonyl (C=O) groups is 2. The molecule has 0 bridgehead atoms. The van der Waals surface area contributed by atoms with Gasteiger partial charge in [0.2, 0.25) is 11.1 Å². The second kappa shape index (κ2) is 10.9. The molecule has 34 heavy (non-hydrogen) atoms. The average Bonchev–Trinajstić information content (AvgIpc) is 2.86. The number of hydrogen-bond acceptors (Lipinski definition) is 6. The molecule has 3 aromatic carbocycles. The maximum atomic E-state index is 12.3. The highest BCUT2D eigenvalue weighted by Crippen LogP contribution is 2.29. The third-order valence-electron chi connectivity index (χ3n) is 4.80. The van der Waals surface area contributed by atoms with Crippen molar-refractivity contribution in [2.24, 2.45) is 0 Å². The number of hydrogen-bond donors (Lipinski definition) is 2. The van der Waals surface area contributed by atoms with Gasteiger partial charge in [0.25, 0.3) is 0 Å². The number of thioether (sulfide) groups is 1. The number of carboxylic acids is 1. The van der Waals surface area contributed by atoms with Crippen molar-refractivity contribution in [3.63, 3.8) is 0 Å². The molecule has 2 N–H and O–H groups in total. The van der Waals surface area contributed by atoms with Gasteiger partial charge in [-0.15, -0.1) is 10.2 Å². The van der Waals surface area contributed by atoms with Gasteiger partial charge < -0.3 is 10.4 Å². The van der Waals surface area contributed by atoms with Crippen LogP contribution in [0.25, 0.3) is 22.5 Å². The zero-order valence-electron chi connectivity index (χ0n) is 17.8. The molecule has 0 spiro atoms. The molecule has 0 aliphatic heterocycles. The number of carbonyl (C=O) groups excluding carboxylic acids is 1. The summed E-state index contributed by atoms with van der Waals surface area (Å²) in [6.07, 6.45) is 0.181. The zero-order valence-corrected chi connectivity index (χ0v) is 19.4. The lowest BCUT2D eigenvalue weighted by Gasteiger charge is -2.10. The number of amides is 1. The van der Waals surface area contributed by atoms with Crippen molar-refractivity contribution in [2.45, 2.75) is 11.6 Å². The third kappa shape index (κ3) is 5.78. The molecule has 1 amide bonds. The minimum Gasteiger partial charge on any atom is -0.478 e. The van der Waals surface area contributed by atoms with E-state index in [4.69, 9.17) is 21.7 Å². The zero-order chi connectivity index (χ0) is 23.9. The lowest BCUT2D eigenvalue weighted by molar-refractivity contribution is -0.115. The molecule has 0 fully saturated rings. The quantitative estimate of drug-likeness (QED) is 0.306. The van der Waals surface area contributed by atoms with E-state index in [1.165, 1.54) is 23.9 Å². The molecule has 4 aromatic rings. The van der Waals surface area contributed by atoms with Crippen LogP contribution in [-0.4, -0.2) is 37.9 Å². The summed E-state index contributed by atoms with van der Waals surface area (Å²) < 4.78 is 0. The van der Waals surface area contributed by atoms with Crippen molar-refractivity contribution in [2.75, 3.05) is 11.1 Å². The van der Waals surface area contributed by atoms with Crippen LogP contribution in [0.1, 0.15) is 16.8 Å². The van der Waals surface area contributed by atoms with Crippen LogP contribution in [-0.2, 0) is 4.79 Å². The van der Waals surface area contributed by atoms with Crippen molar-refractivity contribution in [3.05, 3.63) is 89.4 Å². The Morgan fingerprint density at radius 3 is 2.18 bits per heavy atom. The number of nitrogens with zero attached hydrogens (tertiary/aromatic N) is 3. The largest absolute Gasteiger partial charge is 0.478 e. The van der Waals surface area contributed by atoms with Gasteiger partial charge in [0.05, 0.1) is 10.6 Å². The van der Waals surface area contributed by atoms with Gasteiger partial charge in [-0.25, -0.2) is 9.78 Å². The topological polar surface area (TPSA) is 105 Å². The Labute approximate surface area is 205 Å². The predicted molar refractivity (Wildman–Crippen MR) is 133 cm³/mol. The number of nitrogens with one attached hydrogen (secondary N) is 1. The number of aromatic nitrogens is 3. The van der Waals surface area contributed by atoms with Crippen LogP contribution in [0.15, 0.2) is 84.0 Å². The molecule has 0 aliphatic rings. The Balaban J connectivity index is 1.45. The first-order chi connectivity index (χ1) is 16.5. The summed E-state index contributed by atoms with van der Waals surface area (Å²) in [6.45, 7) is 0. The third-order valence-corrected chi connectivity index (χ3v) is 5.97. The van der Waals surface area contributed by atoms with Crippen molar-refractivity contribution in [1.29, 1.82) is 0 Å². The van der Waals surface area contributed by atoms with E-state index in [-0.39, 0.29) is 22.9 Å². The van der Waals surface area contributed by atoms with Crippen molar-refractivity contribution in [1.82, 2.24) is 15.2 Å². The van der Waals surface area contributed by atoms with Crippen LogP contribution in [0.2, 0.25) is 5.02 Å². The summed E-state index contributed by atoms with van der Waals surface area (Å²) in [5.74, 6) is -0.996. The van der Waals surface area contributed by atoms with Crippen LogP contribution in [0, 0.1) is 0 Å². The van der Waals surface area contributed by atoms with E-state index in [0.29, 0.717) is 22.3 Å². The first kappa shape index (κ1) is 23.4. The Hall–Kier alpha value is -3.75. The minimum atomic E-state index is -1.16. The van der Waals surface area contributed by atoms with Gasteiger partial charge in [-0.1, -0.05) is 84.0 Å². The molecule has 1 aromatic heterocycles. The molecule has 4 rings (SSSR count). The molecule has 0 aliphatic carbocycles. The van der Waals surface area contributed by atoms with E-state index in [0.717, 1.165) is 16.8 Å². The molecule has 170 valence electrons. The van der Waals surface area contributed by atoms with Gasteiger partial charge in [-0.2, -0.15) is 0 Å². The second-order valence-electron chi connectivity index (χ2n) is 7.17. The summed E-state index contributed by atoms with van der Waals surface area (Å²) in [5.41, 5.74) is 3.55. The Morgan fingerprint density at radius 1 is 0.882 bits per heavy atom. The number of anilines is 1. The normalized spacial score (nSPS) is 10.6. The van der Waals surface area contributed by atoms with Crippen LogP contribution < -0.4 is 5.32 Å². The first-order valence-electron chi connectivity index (χ1n) is 10.3. The maximum Gasteiger partial charge on any atom is 0.337 e. The highest BCUT2D eigenvalue weighted by molar-refractivity contribution is 7.99. The fraction of sp³-hybridized carbons (Fsp3) is 0.0800. The van der Waals surface area contributed by atoms with Gasteiger partial charge in [-0.05, 0) is 18.2 Å². The Bertz CT molecular complexity index is 1320. The van der Waals surface area contributed by atoms with Gasteiger partial charge in [0.1, 0.15) is 11.4 Å². The van der Waals surface area contributed by atoms with E-state index < -0.39 is 5.97 Å². The van der Waals surface area contributed by atoms with Gasteiger partial charge in [0, 0.05) is 29.0 Å². The summed E-state index contributed by atoms with van der Waals surface area (Å²) >= 11 is 7.19. The van der Waals surface area contributed by atoms with E-state index >= 15 is 0 Å². The highest BCUT2D eigenvalue weighted by atomic mass is 35.5. The SMILES string of the molecule is O=C(CCSc1nnc(-c2ccccc2)c(-c2ccccc2)n1)Nc1ccc(Cl)c(C(=O)O)c1. The fourth-order valence-electron chi connectivity index (χ4n) is 3.19. The minimum absolute atomic E-state index is 0.0692. The standard InChI is InChI=1S/C25H19ClN4O3S/c26-20-12-11-18(15-19(20)24(32)33)27-21(31)13-14-34-25-28-22(16-7-3-1-4-8-16)23(29-30-25)17-9-5-2-6-10-17/h1-12,15H,13-14H2,(H,27,31)(H,32,33). The molecular formula is C25H19ClN4O3S. The monoisotopic (exact) mass is 490 g/mol. The van der Waals surface area contributed by atoms with Crippen LogP contribution in [0.4, 0.5) is 5.69 Å². The first-order valence-corrected chi connectivity index (χ1v) is 11.7. The van der Waals surface area contributed by atoms with Crippen molar-refractivity contribution in [3.8, 4) is 22.5 Å². The molecule has 0 saturated heterocycles. The summed E-state index contributed by atoms with van der Waals surface area (Å²) in [4.78, 5) is 28.3. The Morgan fingerprint density at radius 2 is 1.53 bits per heavy atom. The number of rotatable bonds is 8. The van der Waals surface area contributed by atoms with Crippen LogP contribution >= 0.6 is 23.4 Å². The molecule has 0 saturated carbocycles. The molecular weight excluding hydrogens is 472 g/mol. The van der Waals surface area contributed by atoms with E-state index in [2.05, 4.69) is 15.5 Å². The molecule has 0 radical (unpaired) electrons. The van der Waals surface area contributed by atoms with E-state index in [1.54, 1.807) is 6.07 Å². The van der Waals surface area contributed by atoms with Gasteiger partial charge >= 0.3 is 5.97 Å². The fourth-order valence-corrected chi connectivity index (χ4v) is 4.11. The van der Waals surface area contributed by atoms with Gasteiger partial charge in [-0.3, -0.25) is 4.79 Å². The van der Waals surface area contributed by atoms with Crippen LogP contribution in [0.5, 0.6) is 0 Å².